The van der Waals surface area contributed by atoms with Crippen LogP contribution in [0.1, 0.15) is 0 Å². The van der Waals surface area contributed by atoms with Gasteiger partial charge in [0, 0.05) is 6.54 Å². The minimum absolute atomic E-state index is 0.0821. The Morgan fingerprint density at radius 2 is 2.33 bits per heavy atom. The summed E-state index contributed by atoms with van der Waals surface area (Å²) in [5.74, 6) is 0. The maximum atomic E-state index is 6.82. The van der Waals surface area contributed by atoms with Gasteiger partial charge in [0.15, 0.2) is 0 Å². The molecule has 0 aliphatic heterocycles. The number of nitrogens with one attached hydrogen (secondary N) is 1. The summed E-state index contributed by atoms with van der Waals surface area (Å²) in [7, 11) is 0. The van der Waals surface area contributed by atoms with Crippen molar-refractivity contribution < 1.29 is 0 Å². The van der Waals surface area contributed by atoms with Crippen molar-refractivity contribution in [3.8, 4) is 0 Å². The van der Waals surface area contributed by atoms with E-state index < -0.39 is 5.38 Å². The molecule has 2 nitrogen and oxygen atoms in total. The molecule has 4 heteroatoms. The van der Waals surface area contributed by atoms with Crippen LogP contribution in [-0.2, 0) is 0 Å². The van der Waals surface area contributed by atoms with Gasteiger partial charge >= 0.3 is 0 Å². The highest BCUT2D eigenvalue weighted by Crippen LogP contribution is 2.02. The highest BCUT2D eigenvalue weighted by Gasteiger charge is 2.01. The van der Waals surface area contributed by atoms with Crippen molar-refractivity contribution in [1.82, 2.24) is 0 Å². The van der Waals surface area contributed by atoms with Crippen LogP contribution in [0.15, 0.2) is 12.2 Å². The quantitative estimate of drug-likeness (QED) is 0.371. The molecule has 1 atom stereocenters. The first kappa shape index (κ1) is 8.95. The maximum absolute atomic E-state index is 6.82. The average Bonchev–Trinajstić information content (AvgIpc) is 1.82. The first-order chi connectivity index (χ1) is 4.18. The predicted octanol–water partition coefficient (Wildman–Crippen LogP) is 1.32. The number of rotatable bonds is 3. The summed E-state index contributed by atoms with van der Waals surface area (Å²) in [6.07, 6.45) is 3.24. The molecule has 0 rings (SSSR count). The molecule has 0 aromatic heterocycles. The number of hydrogen-bond acceptors (Lipinski definition) is 2. The fourth-order valence-electron chi connectivity index (χ4n) is 0.283. The van der Waals surface area contributed by atoms with E-state index in [1.54, 1.807) is 12.2 Å². The van der Waals surface area contributed by atoms with E-state index in [1.807, 2.05) is 0 Å². The standard InChI is InChI=1S/C5H8Cl2N2/c6-4(5(7)9)2-1-3-8/h1-2,4,9H,3,8H2. The molecule has 52 valence electrons. The summed E-state index contributed by atoms with van der Waals surface area (Å²) in [5.41, 5.74) is 5.12. The van der Waals surface area contributed by atoms with Gasteiger partial charge in [-0.15, -0.1) is 11.6 Å². The molecule has 0 aromatic rings. The lowest BCUT2D eigenvalue weighted by Crippen LogP contribution is -2.03. The van der Waals surface area contributed by atoms with Crippen LogP contribution >= 0.6 is 23.2 Å². The largest absolute Gasteiger partial charge is 0.327 e. The Bertz CT molecular complexity index is 122. The van der Waals surface area contributed by atoms with Crippen LogP contribution in [0.2, 0.25) is 0 Å². The molecule has 0 aliphatic rings. The van der Waals surface area contributed by atoms with Gasteiger partial charge < -0.3 is 5.73 Å². The lowest BCUT2D eigenvalue weighted by atomic mass is 10.4. The molecule has 1 unspecified atom stereocenters. The third-order valence-corrected chi connectivity index (χ3v) is 1.39. The fourth-order valence-corrected chi connectivity index (χ4v) is 0.458. The molecule has 0 saturated heterocycles. The van der Waals surface area contributed by atoms with Gasteiger partial charge in [-0.25, -0.2) is 0 Å². The normalized spacial score (nSPS) is 14.1. The van der Waals surface area contributed by atoms with Gasteiger partial charge in [-0.1, -0.05) is 23.8 Å². The summed E-state index contributed by atoms with van der Waals surface area (Å²) >= 11 is 10.7. The minimum Gasteiger partial charge on any atom is -0.327 e. The van der Waals surface area contributed by atoms with E-state index >= 15 is 0 Å². The van der Waals surface area contributed by atoms with Crippen molar-refractivity contribution in [2.45, 2.75) is 5.38 Å². The monoisotopic (exact) mass is 166 g/mol. The van der Waals surface area contributed by atoms with E-state index in [0.29, 0.717) is 6.54 Å². The molecular weight excluding hydrogens is 159 g/mol. The summed E-state index contributed by atoms with van der Waals surface area (Å²) < 4.78 is 0. The van der Waals surface area contributed by atoms with Crippen LogP contribution in [0.25, 0.3) is 0 Å². The predicted molar refractivity (Wildman–Crippen MR) is 41.4 cm³/mol. The molecule has 0 aliphatic carbocycles. The van der Waals surface area contributed by atoms with Crippen molar-refractivity contribution in [1.29, 1.82) is 5.41 Å². The molecule has 0 spiro atoms. The number of allylic oxidation sites excluding steroid dienone is 1. The second-order valence-corrected chi connectivity index (χ2v) is 2.29. The van der Waals surface area contributed by atoms with Crippen LogP contribution in [0, 0.1) is 5.41 Å². The van der Waals surface area contributed by atoms with Crippen molar-refractivity contribution in [2.75, 3.05) is 6.54 Å². The Labute approximate surface area is 64.1 Å². The van der Waals surface area contributed by atoms with E-state index in [9.17, 15) is 0 Å². The highest BCUT2D eigenvalue weighted by molar-refractivity contribution is 6.70. The van der Waals surface area contributed by atoms with Gasteiger partial charge in [-0.3, -0.25) is 5.41 Å². The fraction of sp³-hybridized carbons (Fsp3) is 0.400. The van der Waals surface area contributed by atoms with Crippen LogP contribution in [0.4, 0.5) is 0 Å². The maximum Gasteiger partial charge on any atom is 0.119 e. The molecule has 9 heavy (non-hydrogen) atoms. The van der Waals surface area contributed by atoms with Gasteiger partial charge in [0.2, 0.25) is 0 Å². The summed E-state index contributed by atoms with van der Waals surface area (Å²) in [4.78, 5) is 0. The van der Waals surface area contributed by atoms with Crippen LogP contribution < -0.4 is 5.73 Å². The summed E-state index contributed by atoms with van der Waals surface area (Å²) in [6.45, 7) is 0.424. The molecule has 0 saturated carbocycles. The first-order valence-corrected chi connectivity index (χ1v) is 3.24. The Hall–Kier alpha value is -0.0500. The third-order valence-electron chi connectivity index (χ3n) is 0.683. The lowest BCUT2D eigenvalue weighted by molar-refractivity contribution is 1.24. The lowest BCUT2D eigenvalue weighted by Gasteiger charge is -1.95. The van der Waals surface area contributed by atoms with Gasteiger partial charge in [0.25, 0.3) is 0 Å². The van der Waals surface area contributed by atoms with Crippen LogP contribution in [-0.4, -0.2) is 17.1 Å². The Kier molecular flexibility index (Phi) is 4.77. The van der Waals surface area contributed by atoms with Crippen molar-refractivity contribution >= 4 is 28.4 Å². The number of alkyl halides is 1. The summed E-state index contributed by atoms with van der Waals surface area (Å²) in [5, 5.41) is 6.22. The van der Waals surface area contributed by atoms with Crippen LogP contribution in [0.5, 0.6) is 0 Å². The molecule has 0 heterocycles. The van der Waals surface area contributed by atoms with Crippen molar-refractivity contribution in [2.24, 2.45) is 5.73 Å². The first-order valence-electron chi connectivity index (χ1n) is 2.43. The topological polar surface area (TPSA) is 49.9 Å². The molecule has 0 radical (unpaired) electrons. The van der Waals surface area contributed by atoms with Gasteiger partial charge in [0.05, 0.1) is 0 Å². The molecular formula is C5H8Cl2N2. The third kappa shape index (κ3) is 4.45. The Morgan fingerprint density at radius 1 is 1.78 bits per heavy atom. The zero-order valence-electron chi connectivity index (χ0n) is 4.77. The number of hydrogen-bond donors (Lipinski definition) is 2. The number of halogens is 2. The molecule has 0 amide bonds. The van der Waals surface area contributed by atoms with E-state index in [2.05, 4.69) is 0 Å². The number of nitrogens with two attached hydrogens (primary N) is 1. The zero-order chi connectivity index (χ0) is 7.28. The van der Waals surface area contributed by atoms with Gasteiger partial charge in [0.1, 0.15) is 10.5 Å². The smallest absolute Gasteiger partial charge is 0.119 e. The highest BCUT2D eigenvalue weighted by atomic mass is 35.5. The van der Waals surface area contributed by atoms with E-state index in [4.69, 9.17) is 34.3 Å². The average molecular weight is 167 g/mol. The Balaban J connectivity index is 3.62. The second-order valence-electron chi connectivity index (χ2n) is 1.41. The van der Waals surface area contributed by atoms with Crippen molar-refractivity contribution in [3.63, 3.8) is 0 Å². The molecule has 3 N–H and O–H groups in total. The Morgan fingerprint density at radius 3 is 2.67 bits per heavy atom. The van der Waals surface area contributed by atoms with Gasteiger partial charge in [-0.2, -0.15) is 0 Å². The van der Waals surface area contributed by atoms with Crippen molar-refractivity contribution in [3.05, 3.63) is 12.2 Å². The minimum atomic E-state index is -0.518. The zero-order valence-corrected chi connectivity index (χ0v) is 6.28. The molecule has 0 bridgehead atoms. The summed E-state index contributed by atoms with van der Waals surface area (Å²) in [6, 6.07) is 0. The van der Waals surface area contributed by atoms with Gasteiger partial charge in [-0.05, 0) is 0 Å². The molecule has 0 fully saturated rings. The second kappa shape index (κ2) is 4.79. The molecule has 0 aromatic carbocycles. The SMILES string of the molecule is N=C(Cl)C(Cl)C=CCN. The van der Waals surface area contributed by atoms with E-state index in [1.165, 1.54) is 0 Å². The van der Waals surface area contributed by atoms with Crippen LogP contribution in [0.3, 0.4) is 0 Å². The van der Waals surface area contributed by atoms with E-state index in [0.717, 1.165) is 0 Å². The van der Waals surface area contributed by atoms with E-state index in [-0.39, 0.29) is 5.17 Å².